The third kappa shape index (κ3) is 4.43. The van der Waals surface area contributed by atoms with Crippen molar-refractivity contribution in [2.45, 2.75) is 24.9 Å². The molecule has 0 radical (unpaired) electrons. The summed E-state index contributed by atoms with van der Waals surface area (Å²) in [6.07, 6.45) is 1.90. The molecule has 1 unspecified atom stereocenters. The van der Waals surface area contributed by atoms with E-state index < -0.39 is 17.5 Å². The standard InChI is InChI=1S/C22H22ClF3N6O2/c23-15-6-11(3-4-16(15)24)27-21(31-33)14-7-17(25)18(26)20-19(14)29-22(30-20)28-12-2-1-5-32(8-12)13-9-34-10-13/h3-4,6-7,12-13,33H,1-2,5,8-10H2,(H,27,31)(H2,28,29,30). The Kier molecular flexibility index (Phi) is 6.34. The number of halogens is 4. The van der Waals surface area contributed by atoms with Crippen molar-refractivity contribution in [3.8, 4) is 0 Å². The molecule has 0 bridgehead atoms. The molecule has 180 valence electrons. The monoisotopic (exact) mass is 494 g/mol. The Hall–Kier alpha value is -2.86. The third-order valence-electron chi connectivity index (χ3n) is 6.10. The Morgan fingerprint density at radius 3 is 2.76 bits per heavy atom. The minimum atomic E-state index is -1.16. The molecule has 2 aliphatic heterocycles. The van der Waals surface area contributed by atoms with Gasteiger partial charge in [-0.25, -0.2) is 23.1 Å². The van der Waals surface area contributed by atoms with E-state index in [1.54, 1.807) is 0 Å². The minimum Gasteiger partial charge on any atom is -0.378 e. The van der Waals surface area contributed by atoms with E-state index in [9.17, 15) is 18.4 Å². The topological polar surface area (TPSA) is 97.8 Å². The Bertz CT molecular complexity index is 1250. The zero-order chi connectivity index (χ0) is 23.8. The fourth-order valence-corrected chi connectivity index (χ4v) is 4.44. The van der Waals surface area contributed by atoms with Crippen LogP contribution in [0.5, 0.6) is 0 Å². The lowest BCUT2D eigenvalue weighted by molar-refractivity contribution is -0.0710. The number of nitrogens with zero attached hydrogens (tertiary/aromatic N) is 3. The number of amidine groups is 1. The van der Waals surface area contributed by atoms with Crippen LogP contribution in [0.15, 0.2) is 29.3 Å². The second kappa shape index (κ2) is 9.41. The number of ether oxygens (including phenoxy) is 1. The Morgan fingerprint density at radius 1 is 1.24 bits per heavy atom. The first-order valence-corrected chi connectivity index (χ1v) is 11.2. The van der Waals surface area contributed by atoms with Crippen molar-refractivity contribution in [2.24, 2.45) is 4.99 Å². The number of hydrogen-bond acceptors (Lipinski definition) is 6. The highest BCUT2D eigenvalue weighted by Gasteiger charge is 2.31. The maximum absolute atomic E-state index is 14.6. The summed E-state index contributed by atoms with van der Waals surface area (Å²) in [5.41, 5.74) is 2.03. The van der Waals surface area contributed by atoms with Gasteiger partial charge in [-0.05, 0) is 43.7 Å². The van der Waals surface area contributed by atoms with Crippen LogP contribution in [-0.4, -0.2) is 64.3 Å². The van der Waals surface area contributed by atoms with E-state index >= 15 is 0 Å². The van der Waals surface area contributed by atoms with Crippen molar-refractivity contribution in [1.82, 2.24) is 20.3 Å². The highest BCUT2D eigenvalue weighted by molar-refractivity contribution is 6.31. The zero-order valence-electron chi connectivity index (χ0n) is 17.9. The number of fused-ring (bicyclic) bond motifs is 1. The van der Waals surface area contributed by atoms with E-state index in [-0.39, 0.29) is 45.1 Å². The SMILES string of the molecule is ONC(=Nc1ccc(F)c(Cl)c1)c1cc(F)c(F)c2nc(NC3CCCN(C4COC4)C3)[nH]c12. The van der Waals surface area contributed by atoms with Crippen LogP contribution in [0.1, 0.15) is 18.4 Å². The number of hydroxylamine groups is 1. The van der Waals surface area contributed by atoms with Gasteiger partial charge in [0.2, 0.25) is 5.95 Å². The largest absolute Gasteiger partial charge is 0.378 e. The summed E-state index contributed by atoms with van der Waals surface area (Å²) >= 11 is 5.79. The van der Waals surface area contributed by atoms with Crippen LogP contribution in [0, 0.1) is 17.5 Å². The number of likely N-dealkylation sites (tertiary alicyclic amines) is 1. The summed E-state index contributed by atoms with van der Waals surface area (Å²) in [6.45, 7) is 3.22. The predicted molar refractivity (Wildman–Crippen MR) is 121 cm³/mol. The summed E-state index contributed by atoms with van der Waals surface area (Å²) in [5, 5.41) is 12.8. The lowest BCUT2D eigenvalue weighted by Gasteiger charge is -2.42. The number of nitrogens with one attached hydrogen (secondary N) is 3. The van der Waals surface area contributed by atoms with Crippen LogP contribution >= 0.6 is 11.6 Å². The molecule has 3 heterocycles. The van der Waals surface area contributed by atoms with Gasteiger partial charge in [-0.15, -0.1) is 0 Å². The quantitative estimate of drug-likeness (QED) is 0.243. The van der Waals surface area contributed by atoms with Gasteiger partial charge >= 0.3 is 0 Å². The highest BCUT2D eigenvalue weighted by Crippen LogP contribution is 2.28. The average molecular weight is 495 g/mol. The molecule has 0 amide bonds. The fraction of sp³-hybridized carbons (Fsp3) is 0.364. The van der Waals surface area contributed by atoms with Crippen molar-refractivity contribution < 1.29 is 23.1 Å². The van der Waals surface area contributed by atoms with E-state index in [4.69, 9.17) is 16.3 Å². The Balaban J connectivity index is 1.47. The second-order valence-electron chi connectivity index (χ2n) is 8.37. The van der Waals surface area contributed by atoms with Gasteiger partial charge < -0.3 is 15.0 Å². The second-order valence-corrected chi connectivity index (χ2v) is 8.78. The van der Waals surface area contributed by atoms with Gasteiger partial charge in [0, 0.05) is 18.2 Å². The molecule has 4 N–H and O–H groups in total. The summed E-state index contributed by atoms with van der Waals surface area (Å²) in [5.74, 6) is -2.84. The van der Waals surface area contributed by atoms with Crippen molar-refractivity contribution in [2.75, 3.05) is 31.6 Å². The number of rotatable bonds is 5. The smallest absolute Gasteiger partial charge is 0.201 e. The number of aromatic nitrogens is 2. The first-order chi connectivity index (χ1) is 16.4. The van der Waals surface area contributed by atoms with Crippen LogP contribution in [0.2, 0.25) is 5.02 Å². The van der Waals surface area contributed by atoms with Gasteiger partial charge in [0.05, 0.1) is 35.5 Å². The zero-order valence-corrected chi connectivity index (χ0v) is 18.7. The van der Waals surface area contributed by atoms with Crippen LogP contribution in [-0.2, 0) is 4.74 Å². The molecule has 1 aromatic heterocycles. The molecule has 8 nitrogen and oxygen atoms in total. The normalized spacial score (nSPS) is 19.9. The molecule has 1 atom stereocenters. The summed E-state index contributed by atoms with van der Waals surface area (Å²) < 4.78 is 47.8. The third-order valence-corrected chi connectivity index (χ3v) is 6.39. The number of H-pyrrole nitrogens is 1. The molecule has 12 heteroatoms. The van der Waals surface area contributed by atoms with Gasteiger partial charge in [-0.3, -0.25) is 15.6 Å². The lowest BCUT2D eigenvalue weighted by atomic mass is 10.0. The molecule has 34 heavy (non-hydrogen) atoms. The minimum absolute atomic E-state index is 0.0364. The number of aromatic amines is 1. The summed E-state index contributed by atoms with van der Waals surface area (Å²) in [7, 11) is 0. The van der Waals surface area contributed by atoms with Crippen LogP contribution < -0.4 is 10.8 Å². The van der Waals surface area contributed by atoms with E-state index in [1.807, 2.05) is 5.48 Å². The maximum atomic E-state index is 14.6. The Morgan fingerprint density at radius 2 is 2.06 bits per heavy atom. The molecular formula is C22H22ClF3N6O2. The van der Waals surface area contributed by atoms with Crippen LogP contribution in [0.3, 0.4) is 0 Å². The number of benzene rings is 2. The molecule has 3 aromatic rings. The number of aliphatic imine (C=N–C) groups is 1. The van der Waals surface area contributed by atoms with Gasteiger partial charge in [0.25, 0.3) is 0 Å². The predicted octanol–water partition coefficient (Wildman–Crippen LogP) is 3.97. The van der Waals surface area contributed by atoms with Crippen LogP contribution in [0.25, 0.3) is 11.0 Å². The Labute approximate surface area is 197 Å². The molecule has 2 saturated heterocycles. The molecule has 0 saturated carbocycles. The highest BCUT2D eigenvalue weighted by atomic mass is 35.5. The molecule has 2 aromatic carbocycles. The maximum Gasteiger partial charge on any atom is 0.201 e. The molecular weight excluding hydrogens is 473 g/mol. The van der Waals surface area contributed by atoms with E-state index in [1.165, 1.54) is 12.1 Å². The summed E-state index contributed by atoms with van der Waals surface area (Å²) in [4.78, 5) is 13.7. The number of imidazole rings is 1. The molecule has 0 spiro atoms. The number of piperidine rings is 1. The van der Waals surface area contributed by atoms with E-state index in [0.29, 0.717) is 6.04 Å². The van der Waals surface area contributed by atoms with E-state index in [2.05, 4.69) is 25.2 Å². The van der Waals surface area contributed by atoms with Gasteiger partial charge in [-0.2, -0.15) is 0 Å². The summed E-state index contributed by atoms with van der Waals surface area (Å²) in [6, 6.07) is 5.05. The van der Waals surface area contributed by atoms with Crippen molar-refractivity contribution in [3.05, 3.63) is 52.3 Å². The lowest BCUT2D eigenvalue weighted by Crippen LogP contribution is -2.54. The van der Waals surface area contributed by atoms with Gasteiger partial charge in [0.15, 0.2) is 17.5 Å². The average Bonchev–Trinajstić information content (AvgIpc) is 3.20. The number of anilines is 1. The molecule has 2 aliphatic rings. The molecule has 0 aliphatic carbocycles. The fourth-order valence-electron chi connectivity index (χ4n) is 4.27. The van der Waals surface area contributed by atoms with Crippen molar-refractivity contribution in [1.29, 1.82) is 0 Å². The van der Waals surface area contributed by atoms with Crippen molar-refractivity contribution in [3.63, 3.8) is 0 Å². The first-order valence-electron chi connectivity index (χ1n) is 10.8. The van der Waals surface area contributed by atoms with Crippen LogP contribution in [0.4, 0.5) is 24.8 Å². The van der Waals surface area contributed by atoms with Gasteiger partial charge in [0.1, 0.15) is 11.3 Å². The van der Waals surface area contributed by atoms with Crippen molar-refractivity contribution >= 4 is 40.1 Å². The van der Waals surface area contributed by atoms with Gasteiger partial charge in [-0.1, -0.05) is 11.6 Å². The molecule has 2 fully saturated rings. The molecule has 5 rings (SSSR count). The van der Waals surface area contributed by atoms with E-state index in [0.717, 1.165) is 51.3 Å². The number of hydrogen-bond donors (Lipinski definition) is 4. The first kappa shape index (κ1) is 22.9.